The molecule has 1 radical (unpaired) electrons. The molecule has 0 spiro atoms. The second-order valence-electron chi connectivity index (χ2n) is 6.63. The summed E-state index contributed by atoms with van der Waals surface area (Å²) >= 11 is 1.87. The number of hydrogen-bond acceptors (Lipinski definition) is 3. The van der Waals surface area contributed by atoms with Gasteiger partial charge in [0.2, 0.25) is 0 Å². The van der Waals surface area contributed by atoms with Gasteiger partial charge in [0.05, 0.1) is 0 Å². The van der Waals surface area contributed by atoms with Crippen LogP contribution in [0.15, 0.2) is 78.0 Å². The molecule has 0 bridgehead atoms. The average Bonchev–Trinajstić information content (AvgIpc) is 3.04. The predicted octanol–water partition coefficient (Wildman–Crippen LogP) is 2.49. The second kappa shape index (κ2) is 9.89. The summed E-state index contributed by atoms with van der Waals surface area (Å²) in [7, 11) is 0. The monoisotopic (exact) mass is 509 g/mol. The van der Waals surface area contributed by atoms with E-state index in [4.69, 9.17) is 0 Å². The van der Waals surface area contributed by atoms with Crippen molar-refractivity contribution in [3.8, 4) is 0 Å². The van der Waals surface area contributed by atoms with Crippen LogP contribution >= 0.6 is 11.8 Å². The Morgan fingerprint density at radius 3 is 1.92 bits per heavy atom. The Kier molecular flexibility index (Phi) is 8.85. The van der Waals surface area contributed by atoms with Crippen molar-refractivity contribution in [1.29, 1.82) is 0 Å². The first-order valence-electron chi connectivity index (χ1n) is 7.90. The number of hydrogen-bond donors (Lipinski definition) is 0. The normalized spacial score (nSPS) is 14.7. The molecule has 2 aromatic carbocycles. The summed E-state index contributed by atoms with van der Waals surface area (Å²) < 4.78 is 0. The van der Waals surface area contributed by atoms with Crippen LogP contribution in [0.1, 0.15) is 31.7 Å². The quantitative estimate of drug-likeness (QED) is 0.461. The van der Waals surface area contributed by atoms with Gasteiger partial charge in [-0.1, -0.05) is 60.3 Å². The SMILES string of the molecule is CC(C)(C)N1[CH]N(C(Sc2ccccc2)c2ccccc2)C=C1.[Ag+].[Br-]. The van der Waals surface area contributed by atoms with E-state index in [9.17, 15) is 0 Å². The van der Waals surface area contributed by atoms with Crippen molar-refractivity contribution in [3.63, 3.8) is 0 Å². The Morgan fingerprint density at radius 2 is 1.40 bits per heavy atom. The minimum atomic E-state index is 0. The Labute approximate surface area is 182 Å². The topological polar surface area (TPSA) is 6.48 Å². The summed E-state index contributed by atoms with van der Waals surface area (Å²) in [5.41, 5.74) is 1.39. The zero-order valence-electron chi connectivity index (χ0n) is 14.6. The Morgan fingerprint density at radius 1 is 0.840 bits per heavy atom. The Balaban J connectivity index is 0.00000156. The van der Waals surface area contributed by atoms with Crippen LogP contribution in [-0.2, 0) is 22.4 Å². The first-order chi connectivity index (χ1) is 11.0. The molecule has 3 rings (SSSR count). The molecule has 1 unspecified atom stereocenters. The number of benzene rings is 2. The molecule has 1 aliphatic rings. The molecule has 5 heteroatoms. The summed E-state index contributed by atoms with van der Waals surface area (Å²) in [6.45, 7) is 8.87. The van der Waals surface area contributed by atoms with E-state index in [1.807, 2.05) is 11.8 Å². The van der Waals surface area contributed by atoms with Gasteiger partial charge >= 0.3 is 22.4 Å². The molecule has 0 saturated heterocycles. The van der Waals surface area contributed by atoms with Gasteiger partial charge in [-0.25, -0.2) is 0 Å². The molecule has 0 aromatic heterocycles. The van der Waals surface area contributed by atoms with E-state index in [1.54, 1.807) is 0 Å². The van der Waals surface area contributed by atoms with Gasteiger partial charge in [0.25, 0.3) is 0 Å². The van der Waals surface area contributed by atoms with Crippen LogP contribution in [0, 0.1) is 6.67 Å². The van der Waals surface area contributed by atoms with Crippen molar-refractivity contribution in [2.45, 2.75) is 36.6 Å². The standard InChI is InChI=1S/C20H23N2S.Ag.BrH/c1-20(2,3)22-15-14-21(16-22)19(17-10-6-4-7-11-17)23-18-12-8-5-9-13-18;;/h4-16,19H,1-3H3;;1H/q;+1;/p-1. The summed E-state index contributed by atoms with van der Waals surface area (Å²) in [5.74, 6) is 0. The van der Waals surface area contributed by atoms with Crippen LogP contribution in [0.2, 0.25) is 0 Å². The van der Waals surface area contributed by atoms with Gasteiger partial charge in [-0.3, -0.25) is 0 Å². The van der Waals surface area contributed by atoms with Gasteiger partial charge in [0.15, 0.2) is 0 Å². The van der Waals surface area contributed by atoms with Crippen molar-refractivity contribution in [3.05, 3.63) is 85.3 Å². The third-order valence-electron chi connectivity index (χ3n) is 3.78. The van der Waals surface area contributed by atoms with Crippen LogP contribution < -0.4 is 17.0 Å². The van der Waals surface area contributed by atoms with Gasteiger partial charge in [-0.15, -0.1) is 0 Å². The zero-order valence-corrected chi connectivity index (χ0v) is 18.4. The molecular weight excluding hydrogens is 488 g/mol. The van der Waals surface area contributed by atoms with Crippen LogP contribution in [-0.4, -0.2) is 15.3 Å². The minimum absolute atomic E-state index is 0. The fraction of sp³-hybridized carbons (Fsp3) is 0.250. The number of rotatable bonds is 4. The van der Waals surface area contributed by atoms with Gasteiger partial charge in [0.1, 0.15) is 12.0 Å². The Hall–Kier alpha value is -0.650. The van der Waals surface area contributed by atoms with Gasteiger partial charge in [-0.2, -0.15) is 0 Å². The van der Waals surface area contributed by atoms with E-state index in [2.05, 4.69) is 110 Å². The molecule has 0 fully saturated rings. The molecule has 0 saturated carbocycles. The smallest absolute Gasteiger partial charge is 1.00 e. The number of nitrogens with zero attached hydrogens (tertiary/aromatic N) is 2. The van der Waals surface area contributed by atoms with Crippen molar-refractivity contribution in [2.75, 3.05) is 0 Å². The fourth-order valence-electron chi connectivity index (χ4n) is 2.45. The molecule has 1 atom stereocenters. The molecule has 1 heterocycles. The van der Waals surface area contributed by atoms with Crippen LogP contribution in [0.3, 0.4) is 0 Å². The van der Waals surface area contributed by atoms with Crippen LogP contribution in [0.25, 0.3) is 0 Å². The van der Waals surface area contributed by atoms with Crippen molar-refractivity contribution in [2.24, 2.45) is 0 Å². The fourth-order valence-corrected chi connectivity index (χ4v) is 3.56. The summed E-state index contributed by atoms with van der Waals surface area (Å²) in [6, 6.07) is 21.3. The van der Waals surface area contributed by atoms with E-state index >= 15 is 0 Å². The number of thioether (sulfide) groups is 1. The molecule has 25 heavy (non-hydrogen) atoms. The molecule has 0 aliphatic carbocycles. The molecular formula is C20H23AgBrN2S. The van der Waals surface area contributed by atoms with E-state index < -0.39 is 0 Å². The molecule has 137 valence electrons. The van der Waals surface area contributed by atoms with E-state index in [0.29, 0.717) is 0 Å². The third-order valence-corrected chi connectivity index (χ3v) is 5.06. The van der Waals surface area contributed by atoms with E-state index in [-0.39, 0.29) is 50.3 Å². The second-order valence-corrected chi connectivity index (χ2v) is 7.79. The molecule has 0 N–H and O–H groups in total. The maximum atomic E-state index is 2.29. The van der Waals surface area contributed by atoms with E-state index in [1.165, 1.54) is 10.5 Å². The van der Waals surface area contributed by atoms with E-state index in [0.717, 1.165) is 0 Å². The maximum absolute atomic E-state index is 2.29. The van der Waals surface area contributed by atoms with Crippen LogP contribution in [0.4, 0.5) is 0 Å². The average molecular weight is 511 g/mol. The number of halogens is 1. The predicted molar refractivity (Wildman–Crippen MR) is 98.4 cm³/mol. The van der Waals surface area contributed by atoms with Crippen LogP contribution in [0.5, 0.6) is 0 Å². The largest absolute Gasteiger partial charge is 1.00 e. The summed E-state index contributed by atoms with van der Waals surface area (Å²) in [4.78, 5) is 5.82. The van der Waals surface area contributed by atoms with Gasteiger partial charge < -0.3 is 26.8 Å². The first-order valence-corrected chi connectivity index (χ1v) is 8.78. The zero-order chi connectivity index (χ0) is 16.3. The minimum Gasteiger partial charge on any atom is -1.00 e. The third kappa shape index (κ3) is 5.93. The molecule has 0 amide bonds. The summed E-state index contributed by atoms with van der Waals surface area (Å²) in [5, 5.41) is 0.224. The molecule has 2 nitrogen and oxygen atoms in total. The van der Waals surface area contributed by atoms with Gasteiger partial charge in [-0.05, 0) is 38.5 Å². The molecule has 1 aliphatic heterocycles. The Bertz CT molecular complexity index is 658. The van der Waals surface area contributed by atoms with Crippen molar-refractivity contribution >= 4 is 11.8 Å². The molecule has 2 aromatic rings. The first kappa shape index (κ1) is 22.4. The maximum Gasteiger partial charge on any atom is 1.00 e. The van der Waals surface area contributed by atoms with Gasteiger partial charge in [0, 0.05) is 22.8 Å². The van der Waals surface area contributed by atoms with Crippen molar-refractivity contribution < 1.29 is 39.4 Å². The van der Waals surface area contributed by atoms with Crippen molar-refractivity contribution in [1.82, 2.24) is 9.80 Å². The summed E-state index contributed by atoms with van der Waals surface area (Å²) in [6.07, 6.45) is 4.32.